The third-order valence-corrected chi connectivity index (χ3v) is 2.76. The standard InChI is InChI=1S/C9H12N2O/c1-2-9(6-10,11-7-12)8-4-3-5-8/h8H,2-5H2,1H3. The number of nitriles is 1. The van der Waals surface area contributed by atoms with Gasteiger partial charge in [-0.15, -0.1) is 0 Å². The monoisotopic (exact) mass is 164 g/mol. The molecule has 0 aromatic rings. The summed E-state index contributed by atoms with van der Waals surface area (Å²) in [5.74, 6) is 0.286. The maximum absolute atomic E-state index is 10.1. The van der Waals surface area contributed by atoms with Crippen molar-refractivity contribution >= 4 is 6.08 Å². The van der Waals surface area contributed by atoms with Crippen LogP contribution in [0.2, 0.25) is 0 Å². The molecule has 0 N–H and O–H groups in total. The van der Waals surface area contributed by atoms with Crippen LogP contribution >= 0.6 is 0 Å². The zero-order chi connectivity index (χ0) is 9.03. The predicted molar refractivity (Wildman–Crippen MR) is 44.1 cm³/mol. The minimum atomic E-state index is -0.764. The molecule has 1 aliphatic carbocycles. The maximum atomic E-state index is 10.1. The van der Waals surface area contributed by atoms with Gasteiger partial charge in [-0.05, 0) is 25.2 Å². The van der Waals surface area contributed by atoms with Crippen LogP contribution in [0.1, 0.15) is 32.6 Å². The van der Waals surface area contributed by atoms with E-state index in [9.17, 15) is 4.79 Å². The van der Waals surface area contributed by atoms with Gasteiger partial charge in [0, 0.05) is 0 Å². The summed E-state index contributed by atoms with van der Waals surface area (Å²) in [4.78, 5) is 13.8. The van der Waals surface area contributed by atoms with Gasteiger partial charge in [-0.2, -0.15) is 10.3 Å². The Morgan fingerprint density at radius 3 is 2.58 bits per heavy atom. The highest BCUT2D eigenvalue weighted by atomic mass is 16.1. The molecule has 1 fully saturated rings. The average Bonchev–Trinajstić information content (AvgIpc) is 2.00. The Bertz CT molecular complexity index is 246. The number of nitrogens with zero attached hydrogens (tertiary/aromatic N) is 2. The normalized spacial score (nSPS) is 21.3. The van der Waals surface area contributed by atoms with Crippen LogP contribution in [-0.2, 0) is 4.79 Å². The molecule has 1 aliphatic rings. The minimum absolute atomic E-state index is 0.286. The Kier molecular flexibility index (Phi) is 2.62. The van der Waals surface area contributed by atoms with E-state index in [1.807, 2.05) is 6.92 Å². The lowest BCUT2D eigenvalue weighted by atomic mass is 9.70. The maximum Gasteiger partial charge on any atom is 0.236 e. The van der Waals surface area contributed by atoms with E-state index in [1.54, 1.807) is 0 Å². The second-order valence-corrected chi connectivity index (χ2v) is 3.22. The summed E-state index contributed by atoms with van der Waals surface area (Å²) in [7, 11) is 0. The molecule has 0 heterocycles. The highest BCUT2D eigenvalue weighted by molar-refractivity contribution is 5.37. The molecule has 3 heteroatoms. The SMILES string of the molecule is CCC(C#N)(N=C=O)C1CCC1. The number of aliphatic imine (C=N–C) groups is 1. The molecule has 0 aromatic carbocycles. The van der Waals surface area contributed by atoms with Gasteiger partial charge in [-0.3, -0.25) is 0 Å². The number of hydrogen-bond acceptors (Lipinski definition) is 3. The fraction of sp³-hybridized carbons (Fsp3) is 0.778. The van der Waals surface area contributed by atoms with Gasteiger partial charge in [-0.1, -0.05) is 13.3 Å². The Labute approximate surface area is 72.1 Å². The molecule has 0 radical (unpaired) electrons. The third-order valence-electron chi connectivity index (χ3n) is 2.76. The molecule has 1 atom stereocenters. The predicted octanol–water partition coefficient (Wildman–Crippen LogP) is 1.79. The van der Waals surface area contributed by atoms with Crippen molar-refractivity contribution in [2.24, 2.45) is 10.9 Å². The van der Waals surface area contributed by atoms with Gasteiger partial charge in [0.25, 0.3) is 0 Å². The van der Waals surface area contributed by atoms with Crippen molar-refractivity contribution in [2.75, 3.05) is 0 Å². The first kappa shape index (κ1) is 8.96. The van der Waals surface area contributed by atoms with Crippen LogP contribution in [0.3, 0.4) is 0 Å². The van der Waals surface area contributed by atoms with E-state index < -0.39 is 5.54 Å². The van der Waals surface area contributed by atoms with E-state index in [1.165, 1.54) is 6.08 Å². The first-order chi connectivity index (χ1) is 5.79. The van der Waals surface area contributed by atoms with Crippen molar-refractivity contribution in [3.05, 3.63) is 0 Å². The van der Waals surface area contributed by atoms with Crippen LogP contribution in [0, 0.1) is 17.2 Å². The molecule has 0 amide bonds. The molecule has 0 aromatic heterocycles. The Balaban J connectivity index is 2.83. The molecule has 12 heavy (non-hydrogen) atoms. The zero-order valence-corrected chi connectivity index (χ0v) is 7.21. The number of hydrogen-bond donors (Lipinski definition) is 0. The van der Waals surface area contributed by atoms with E-state index in [-0.39, 0.29) is 5.92 Å². The molecule has 1 unspecified atom stereocenters. The largest absolute Gasteiger partial charge is 0.236 e. The number of carbonyl (C=O) groups excluding carboxylic acids is 1. The second kappa shape index (κ2) is 3.51. The molecular weight excluding hydrogens is 152 g/mol. The fourth-order valence-electron chi connectivity index (χ4n) is 1.62. The first-order valence-corrected chi connectivity index (χ1v) is 4.29. The van der Waals surface area contributed by atoms with E-state index in [4.69, 9.17) is 5.26 Å². The highest BCUT2D eigenvalue weighted by Gasteiger charge is 2.40. The minimum Gasteiger partial charge on any atom is -0.211 e. The fourth-order valence-corrected chi connectivity index (χ4v) is 1.62. The summed E-state index contributed by atoms with van der Waals surface area (Å²) in [5, 5.41) is 8.92. The van der Waals surface area contributed by atoms with E-state index in [0.29, 0.717) is 6.42 Å². The molecule has 0 spiro atoms. The quantitative estimate of drug-likeness (QED) is 0.471. The summed E-state index contributed by atoms with van der Waals surface area (Å²) in [6.07, 6.45) is 5.32. The molecular formula is C9H12N2O. The molecule has 3 nitrogen and oxygen atoms in total. The molecule has 1 rings (SSSR count). The van der Waals surface area contributed by atoms with Crippen LogP contribution in [-0.4, -0.2) is 11.6 Å². The van der Waals surface area contributed by atoms with Gasteiger partial charge < -0.3 is 0 Å². The Morgan fingerprint density at radius 1 is 1.67 bits per heavy atom. The molecule has 0 aliphatic heterocycles. The van der Waals surface area contributed by atoms with Crippen LogP contribution in [0.5, 0.6) is 0 Å². The summed E-state index contributed by atoms with van der Waals surface area (Å²) < 4.78 is 0. The molecule has 0 saturated heterocycles. The van der Waals surface area contributed by atoms with E-state index in [0.717, 1.165) is 19.3 Å². The topological polar surface area (TPSA) is 53.2 Å². The summed E-state index contributed by atoms with van der Waals surface area (Å²) in [6, 6.07) is 2.14. The van der Waals surface area contributed by atoms with Gasteiger partial charge in [0.15, 0.2) is 5.54 Å². The van der Waals surface area contributed by atoms with Gasteiger partial charge in [0.1, 0.15) is 0 Å². The van der Waals surface area contributed by atoms with Crippen molar-refractivity contribution < 1.29 is 4.79 Å². The lowest BCUT2D eigenvalue weighted by molar-refractivity contribution is 0.209. The molecule has 0 bridgehead atoms. The third kappa shape index (κ3) is 1.26. The van der Waals surface area contributed by atoms with Crippen molar-refractivity contribution in [3.63, 3.8) is 0 Å². The summed E-state index contributed by atoms with van der Waals surface area (Å²) in [5.41, 5.74) is -0.764. The van der Waals surface area contributed by atoms with E-state index in [2.05, 4.69) is 11.1 Å². The van der Waals surface area contributed by atoms with Crippen LogP contribution in [0.25, 0.3) is 0 Å². The van der Waals surface area contributed by atoms with Crippen LogP contribution in [0.4, 0.5) is 0 Å². The molecule has 1 saturated carbocycles. The van der Waals surface area contributed by atoms with Gasteiger partial charge in [0.2, 0.25) is 6.08 Å². The van der Waals surface area contributed by atoms with Crippen molar-refractivity contribution in [1.82, 2.24) is 0 Å². The van der Waals surface area contributed by atoms with E-state index >= 15 is 0 Å². The summed E-state index contributed by atoms with van der Waals surface area (Å²) in [6.45, 7) is 1.89. The second-order valence-electron chi connectivity index (χ2n) is 3.22. The summed E-state index contributed by atoms with van der Waals surface area (Å²) >= 11 is 0. The van der Waals surface area contributed by atoms with Crippen LogP contribution < -0.4 is 0 Å². The first-order valence-electron chi connectivity index (χ1n) is 4.29. The zero-order valence-electron chi connectivity index (χ0n) is 7.21. The van der Waals surface area contributed by atoms with Crippen molar-refractivity contribution in [1.29, 1.82) is 5.26 Å². The average molecular weight is 164 g/mol. The Morgan fingerprint density at radius 2 is 2.33 bits per heavy atom. The molecule has 64 valence electrons. The van der Waals surface area contributed by atoms with Gasteiger partial charge in [0.05, 0.1) is 6.07 Å². The highest BCUT2D eigenvalue weighted by Crippen LogP contribution is 2.39. The Hall–Kier alpha value is -1.13. The van der Waals surface area contributed by atoms with Gasteiger partial charge in [-0.25, -0.2) is 4.79 Å². The lowest BCUT2D eigenvalue weighted by Crippen LogP contribution is -2.38. The lowest BCUT2D eigenvalue weighted by Gasteiger charge is -2.35. The van der Waals surface area contributed by atoms with Crippen LogP contribution in [0.15, 0.2) is 4.99 Å². The smallest absolute Gasteiger partial charge is 0.211 e. The number of rotatable bonds is 3. The number of isocyanates is 1. The van der Waals surface area contributed by atoms with Crippen molar-refractivity contribution in [2.45, 2.75) is 38.1 Å². The van der Waals surface area contributed by atoms with Crippen molar-refractivity contribution in [3.8, 4) is 6.07 Å². The van der Waals surface area contributed by atoms with Gasteiger partial charge >= 0.3 is 0 Å².